The lowest BCUT2D eigenvalue weighted by molar-refractivity contribution is -0.130. The molecule has 0 aliphatic heterocycles. The Kier molecular flexibility index (Phi) is 18.1. The van der Waals surface area contributed by atoms with Crippen LogP contribution in [0.3, 0.4) is 0 Å². The number of aryl methyl sites for hydroxylation is 3. The lowest BCUT2D eigenvalue weighted by Crippen LogP contribution is -2.25. The van der Waals surface area contributed by atoms with Gasteiger partial charge in [-0.05, 0) is 70.1 Å². The van der Waals surface area contributed by atoms with Gasteiger partial charge < -0.3 is 39.0 Å². The summed E-state index contributed by atoms with van der Waals surface area (Å²) in [6.45, 7) is 12.4. The molecule has 0 saturated heterocycles. The van der Waals surface area contributed by atoms with Crippen LogP contribution in [0.15, 0.2) is 17.9 Å². The third-order valence-corrected chi connectivity index (χ3v) is 6.36. The Morgan fingerprint density at radius 1 is 0.821 bits per heavy atom. The number of carboxylic acid groups (broad SMARTS) is 2. The molecule has 0 atom stereocenters. The number of allylic oxidation sites excluding steroid dienone is 1. The van der Waals surface area contributed by atoms with Crippen LogP contribution in [0.25, 0.3) is 5.57 Å². The normalized spacial score (nSPS) is 17.6. The highest BCUT2D eigenvalue weighted by Crippen LogP contribution is 2.36. The molecule has 0 heterocycles. The summed E-state index contributed by atoms with van der Waals surface area (Å²) >= 11 is 0. The summed E-state index contributed by atoms with van der Waals surface area (Å²) in [5.41, 5.74) is 3.46. The first-order valence-corrected chi connectivity index (χ1v) is 13.5. The molecule has 0 amide bonds. The maximum absolute atomic E-state index is 12.1. The lowest BCUT2D eigenvalue weighted by atomic mass is 9.82. The highest BCUT2D eigenvalue weighted by Gasteiger charge is 2.30. The van der Waals surface area contributed by atoms with Crippen LogP contribution in [0.1, 0.15) is 54.9 Å². The van der Waals surface area contributed by atoms with E-state index in [2.05, 4.69) is 0 Å². The van der Waals surface area contributed by atoms with Gasteiger partial charge in [-0.15, -0.1) is 0 Å². The SMILES string of the molecule is CCOCCOCCOCCOCCOC1CCC(/C(O)=C(\C(=O)O)c2c(C)cc(C)cc2C)CC1.O=CO. The summed E-state index contributed by atoms with van der Waals surface area (Å²) < 4.78 is 27.5. The Hall–Kier alpha value is -2.50. The van der Waals surface area contributed by atoms with Gasteiger partial charge in [0, 0.05) is 12.5 Å². The summed E-state index contributed by atoms with van der Waals surface area (Å²) in [6.07, 6.45) is 3.04. The largest absolute Gasteiger partial charge is 0.511 e. The molecule has 1 aromatic rings. The van der Waals surface area contributed by atoms with Gasteiger partial charge >= 0.3 is 5.97 Å². The fraction of sp³-hybridized carbons (Fsp3) is 0.655. The second-order valence-corrected chi connectivity index (χ2v) is 9.32. The van der Waals surface area contributed by atoms with E-state index >= 15 is 0 Å². The van der Waals surface area contributed by atoms with E-state index in [1.54, 1.807) is 0 Å². The Labute approximate surface area is 231 Å². The van der Waals surface area contributed by atoms with E-state index in [1.807, 2.05) is 39.8 Å². The van der Waals surface area contributed by atoms with E-state index in [-0.39, 0.29) is 29.8 Å². The van der Waals surface area contributed by atoms with Gasteiger partial charge in [-0.3, -0.25) is 4.79 Å². The third-order valence-electron chi connectivity index (χ3n) is 6.36. The molecule has 1 saturated carbocycles. The number of benzene rings is 1. The zero-order chi connectivity index (χ0) is 29.0. The Balaban J connectivity index is 0.00000242. The number of carbonyl (C=O) groups is 2. The number of hydrogen-bond acceptors (Lipinski definition) is 8. The molecule has 1 aliphatic carbocycles. The van der Waals surface area contributed by atoms with Crippen LogP contribution < -0.4 is 0 Å². The van der Waals surface area contributed by atoms with Crippen molar-refractivity contribution in [3.05, 3.63) is 40.1 Å². The van der Waals surface area contributed by atoms with Crippen LogP contribution in [0.4, 0.5) is 0 Å². The number of carboxylic acids is 1. The number of hydrogen-bond donors (Lipinski definition) is 3. The van der Waals surface area contributed by atoms with Crippen molar-refractivity contribution in [2.45, 2.75) is 59.5 Å². The molecular weight excluding hydrogens is 508 g/mol. The number of rotatable bonds is 17. The fourth-order valence-corrected chi connectivity index (χ4v) is 4.70. The van der Waals surface area contributed by atoms with Crippen molar-refractivity contribution in [3.63, 3.8) is 0 Å². The summed E-state index contributed by atoms with van der Waals surface area (Å²) in [5, 5.41) is 27.8. The van der Waals surface area contributed by atoms with Gasteiger partial charge in [-0.2, -0.15) is 0 Å². The minimum Gasteiger partial charge on any atom is -0.511 e. The van der Waals surface area contributed by atoms with Crippen LogP contribution in [-0.2, 0) is 33.3 Å². The minimum absolute atomic E-state index is 0.0148. The van der Waals surface area contributed by atoms with Crippen molar-refractivity contribution in [3.8, 4) is 0 Å². The molecule has 1 aromatic carbocycles. The highest BCUT2D eigenvalue weighted by molar-refractivity contribution is 6.17. The number of aliphatic carboxylic acids is 1. The van der Waals surface area contributed by atoms with Gasteiger partial charge in [0.2, 0.25) is 0 Å². The number of aliphatic hydroxyl groups excluding tert-OH is 1. The van der Waals surface area contributed by atoms with E-state index in [1.165, 1.54) is 0 Å². The van der Waals surface area contributed by atoms with Gasteiger partial charge in [0.1, 0.15) is 11.3 Å². The molecule has 10 heteroatoms. The number of aliphatic hydroxyl groups is 1. The van der Waals surface area contributed by atoms with Gasteiger partial charge in [-0.25, -0.2) is 4.79 Å². The van der Waals surface area contributed by atoms with Crippen molar-refractivity contribution < 1.29 is 48.6 Å². The van der Waals surface area contributed by atoms with E-state index in [0.29, 0.717) is 77.9 Å². The predicted molar refractivity (Wildman–Crippen MR) is 147 cm³/mol. The van der Waals surface area contributed by atoms with E-state index in [0.717, 1.165) is 29.5 Å². The van der Waals surface area contributed by atoms with Crippen LogP contribution in [0.2, 0.25) is 0 Å². The predicted octanol–water partition coefficient (Wildman–Crippen LogP) is 4.33. The van der Waals surface area contributed by atoms with Crippen molar-refractivity contribution in [1.29, 1.82) is 0 Å². The van der Waals surface area contributed by atoms with Crippen molar-refractivity contribution in [2.75, 3.05) is 59.5 Å². The Morgan fingerprint density at radius 2 is 1.26 bits per heavy atom. The standard InChI is InChI=1S/C28H44O8.CH2O2/c1-5-32-10-11-33-12-13-34-14-15-35-16-17-36-24-8-6-23(7-9-24)27(29)26(28(30)31)25-21(3)18-20(2)19-22(25)4;2-1-3/h18-19,23-24,29H,5-17H2,1-4H3,(H,30,31);1H,(H,2,3)/b27-26+;. The average Bonchev–Trinajstić information content (AvgIpc) is 2.89. The third kappa shape index (κ3) is 13.4. The van der Waals surface area contributed by atoms with Gasteiger partial charge in [0.05, 0.1) is 59.0 Å². The van der Waals surface area contributed by atoms with Crippen LogP contribution in [-0.4, -0.2) is 93.3 Å². The Morgan fingerprint density at radius 3 is 1.69 bits per heavy atom. The van der Waals surface area contributed by atoms with E-state index < -0.39 is 5.97 Å². The minimum atomic E-state index is -1.09. The van der Waals surface area contributed by atoms with Gasteiger partial charge in [-0.1, -0.05) is 17.7 Å². The molecule has 0 radical (unpaired) electrons. The summed E-state index contributed by atoms with van der Waals surface area (Å²) in [6, 6.07) is 3.91. The van der Waals surface area contributed by atoms with Crippen LogP contribution >= 0.6 is 0 Å². The van der Waals surface area contributed by atoms with Crippen molar-refractivity contribution >= 4 is 18.0 Å². The topological polar surface area (TPSA) is 141 Å². The highest BCUT2D eigenvalue weighted by atomic mass is 16.6. The van der Waals surface area contributed by atoms with Gasteiger partial charge in [0.25, 0.3) is 6.47 Å². The van der Waals surface area contributed by atoms with Crippen LogP contribution in [0, 0.1) is 26.7 Å². The quantitative estimate of drug-likeness (QED) is 0.110. The molecule has 2 rings (SSSR count). The smallest absolute Gasteiger partial charge is 0.339 e. The van der Waals surface area contributed by atoms with E-state index in [4.69, 9.17) is 33.6 Å². The molecule has 0 aromatic heterocycles. The molecule has 0 bridgehead atoms. The number of ether oxygens (including phenoxy) is 5. The molecule has 10 nitrogen and oxygen atoms in total. The van der Waals surface area contributed by atoms with Crippen LogP contribution in [0.5, 0.6) is 0 Å². The first kappa shape index (κ1) is 34.5. The monoisotopic (exact) mass is 554 g/mol. The summed E-state index contributed by atoms with van der Waals surface area (Å²) in [7, 11) is 0. The molecule has 0 unspecified atom stereocenters. The zero-order valence-electron chi connectivity index (χ0n) is 23.8. The lowest BCUT2D eigenvalue weighted by Gasteiger charge is -2.29. The zero-order valence-corrected chi connectivity index (χ0v) is 23.8. The molecular formula is C29H46O10. The second kappa shape index (κ2) is 20.4. The summed E-state index contributed by atoms with van der Waals surface area (Å²) in [4.78, 5) is 20.5. The summed E-state index contributed by atoms with van der Waals surface area (Å²) in [5.74, 6) is -1.28. The fourth-order valence-electron chi connectivity index (χ4n) is 4.70. The molecule has 0 spiro atoms. The first-order chi connectivity index (χ1) is 18.8. The maximum atomic E-state index is 12.1. The Bertz CT molecular complexity index is 852. The molecule has 39 heavy (non-hydrogen) atoms. The molecule has 1 aliphatic rings. The van der Waals surface area contributed by atoms with Crippen molar-refractivity contribution in [2.24, 2.45) is 5.92 Å². The maximum Gasteiger partial charge on any atom is 0.339 e. The molecule has 222 valence electrons. The molecule has 3 N–H and O–H groups in total. The molecule has 1 fully saturated rings. The average molecular weight is 555 g/mol. The van der Waals surface area contributed by atoms with Gasteiger partial charge in [0.15, 0.2) is 0 Å². The first-order valence-electron chi connectivity index (χ1n) is 13.5. The van der Waals surface area contributed by atoms with E-state index in [9.17, 15) is 15.0 Å². The second-order valence-electron chi connectivity index (χ2n) is 9.32. The van der Waals surface area contributed by atoms with Crippen molar-refractivity contribution in [1.82, 2.24) is 0 Å².